The molecule has 0 radical (unpaired) electrons. The molecule has 28 heavy (non-hydrogen) atoms. The number of nitrogens with one attached hydrogen (secondary N) is 1. The summed E-state index contributed by atoms with van der Waals surface area (Å²) in [7, 11) is 3.52. The van der Waals surface area contributed by atoms with Gasteiger partial charge in [-0.3, -0.25) is 4.79 Å². The second-order valence-electron chi connectivity index (χ2n) is 6.08. The normalized spacial score (nSPS) is 11.3. The Morgan fingerprint density at radius 2 is 2.00 bits per heavy atom. The summed E-state index contributed by atoms with van der Waals surface area (Å²) in [6.45, 7) is 1.84. The molecular weight excluding hydrogens is 374 g/mol. The van der Waals surface area contributed by atoms with E-state index in [-0.39, 0.29) is 5.91 Å². The van der Waals surface area contributed by atoms with Gasteiger partial charge < -0.3 is 9.30 Å². The molecule has 3 aromatic rings. The maximum atomic E-state index is 12.3. The van der Waals surface area contributed by atoms with Crippen LogP contribution in [0.1, 0.15) is 28.4 Å². The van der Waals surface area contributed by atoms with Crippen LogP contribution in [0, 0.1) is 0 Å². The van der Waals surface area contributed by atoms with E-state index in [0.29, 0.717) is 11.3 Å². The summed E-state index contributed by atoms with van der Waals surface area (Å²) in [4.78, 5) is 12.3. The number of carbonyl (C=O) groups is 1. The summed E-state index contributed by atoms with van der Waals surface area (Å²) in [6, 6.07) is 15.0. The standard InChI is InChI=1S/C20H21N5O2S/c1-14(17-5-4-6-18(11-17)27-3)22-23-19(26)16-9-7-15(8-10-16)12-28-20-24-21-13-25(20)2/h4-11,13H,12H2,1-3H3,(H,23,26)/b22-14-. The Kier molecular flexibility index (Phi) is 6.44. The minimum Gasteiger partial charge on any atom is -0.497 e. The van der Waals surface area contributed by atoms with Crippen molar-refractivity contribution in [3.05, 3.63) is 71.5 Å². The summed E-state index contributed by atoms with van der Waals surface area (Å²) in [5, 5.41) is 12.9. The SMILES string of the molecule is COc1cccc(/C(C)=N\NC(=O)c2ccc(CSc3nncn3C)cc2)c1. The number of amides is 1. The summed E-state index contributed by atoms with van der Waals surface area (Å²) in [5.74, 6) is 1.24. The maximum Gasteiger partial charge on any atom is 0.271 e. The number of aromatic nitrogens is 3. The van der Waals surface area contributed by atoms with Crippen molar-refractivity contribution in [3.8, 4) is 5.75 Å². The summed E-state index contributed by atoms with van der Waals surface area (Å²) in [6.07, 6.45) is 1.67. The number of nitrogens with zero attached hydrogens (tertiary/aromatic N) is 4. The molecule has 1 heterocycles. The van der Waals surface area contributed by atoms with Gasteiger partial charge in [0.2, 0.25) is 0 Å². The second kappa shape index (κ2) is 9.18. The van der Waals surface area contributed by atoms with Crippen LogP contribution in [0.2, 0.25) is 0 Å². The van der Waals surface area contributed by atoms with E-state index in [1.165, 1.54) is 0 Å². The third kappa shape index (κ3) is 4.98. The van der Waals surface area contributed by atoms with E-state index in [1.807, 2.05) is 54.9 Å². The molecule has 0 aliphatic heterocycles. The number of thioether (sulfide) groups is 1. The fourth-order valence-electron chi connectivity index (χ4n) is 2.42. The number of hydrogen-bond donors (Lipinski definition) is 1. The number of methoxy groups -OCH3 is 1. The van der Waals surface area contributed by atoms with Crippen molar-refractivity contribution >= 4 is 23.4 Å². The maximum absolute atomic E-state index is 12.3. The van der Waals surface area contributed by atoms with E-state index < -0.39 is 0 Å². The highest BCUT2D eigenvalue weighted by Gasteiger charge is 2.07. The van der Waals surface area contributed by atoms with Crippen molar-refractivity contribution in [3.63, 3.8) is 0 Å². The van der Waals surface area contributed by atoms with Gasteiger partial charge in [0.15, 0.2) is 5.16 Å². The zero-order valence-electron chi connectivity index (χ0n) is 15.9. The monoisotopic (exact) mass is 395 g/mol. The molecule has 0 unspecified atom stereocenters. The first-order valence-electron chi connectivity index (χ1n) is 8.61. The van der Waals surface area contributed by atoms with Crippen molar-refractivity contribution in [2.24, 2.45) is 12.1 Å². The van der Waals surface area contributed by atoms with E-state index in [2.05, 4.69) is 20.7 Å². The van der Waals surface area contributed by atoms with Gasteiger partial charge in [0.05, 0.1) is 12.8 Å². The highest BCUT2D eigenvalue weighted by atomic mass is 32.2. The second-order valence-corrected chi connectivity index (χ2v) is 7.02. The quantitative estimate of drug-likeness (QED) is 0.377. The molecular formula is C20H21N5O2S. The lowest BCUT2D eigenvalue weighted by atomic mass is 10.1. The molecule has 0 spiro atoms. The number of carbonyl (C=O) groups excluding carboxylic acids is 1. The lowest BCUT2D eigenvalue weighted by Gasteiger charge is -2.06. The van der Waals surface area contributed by atoms with Gasteiger partial charge in [-0.15, -0.1) is 10.2 Å². The average molecular weight is 395 g/mol. The average Bonchev–Trinajstić information content (AvgIpc) is 3.15. The predicted octanol–water partition coefficient (Wildman–Crippen LogP) is 3.27. The smallest absolute Gasteiger partial charge is 0.271 e. The topological polar surface area (TPSA) is 81.4 Å². The van der Waals surface area contributed by atoms with Crippen LogP contribution in [0.5, 0.6) is 5.75 Å². The first-order chi connectivity index (χ1) is 13.6. The van der Waals surface area contributed by atoms with Crippen LogP contribution in [-0.4, -0.2) is 33.5 Å². The minimum atomic E-state index is -0.255. The van der Waals surface area contributed by atoms with Crippen LogP contribution in [0.15, 0.2) is 65.1 Å². The lowest BCUT2D eigenvalue weighted by molar-refractivity contribution is 0.0955. The van der Waals surface area contributed by atoms with Crippen LogP contribution >= 0.6 is 11.8 Å². The van der Waals surface area contributed by atoms with Crippen molar-refractivity contribution in [1.82, 2.24) is 20.2 Å². The first-order valence-corrected chi connectivity index (χ1v) is 9.60. The van der Waals surface area contributed by atoms with Gasteiger partial charge in [-0.05, 0) is 36.8 Å². The van der Waals surface area contributed by atoms with E-state index in [0.717, 1.165) is 27.8 Å². The van der Waals surface area contributed by atoms with Crippen LogP contribution in [0.4, 0.5) is 0 Å². The number of hydrogen-bond acceptors (Lipinski definition) is 6. The summed E-state index contributed by atoms with van der Waals surface area (Å²) >= 11 is 1.59. The Labute approximate surface area is 167 Å². The third-order valence-corrected chi connectivity index (χ3v) is 5.17. The molecule has 0 atom stereocenters. The molecule has 144 valence electrons. The number of ether oxygens (including phenoxy) is 1. The fourth-order valence-corrected chi connectivity index (χ4v) is 3.26. The Bertz CT molecular complexity index is 982. The molecule has 0 fully saturated rings. The molecule has 1 aromatic heterocycles. The highest BCUT2D eigenvalue weighted by molar-refractivity contribution is 7.98. The zero-order chi connectivity index (χ0) is 19.9. The van der Waals surface area contributed by atoms with Crippen molar-refractivity contribution in [1.29, 1.82) is 0 Å². The van der Waals surface area contributed by atoms with Gasteiger partial charge >= 0.3 is 0 Å². The fraction of sp³-hybridized carbons (Fsp3) is 0.200. The molecule has 0 aliphatic rings. The van der Waals surface area contributed by atoms with E-state index in [9.17, 15) is 4.79 Å². The molecule has 1 amide bonds. The van der Waals surface area contributed by atoms with E-state index in [1.54, 1.807) is 37.3 Å². The molecule has 7 nitrogen and oxygen atoms in total. The first kappa shape index (κ1) is 19.6. The molecule has 1 N–H and O–H groups in total. The Morgan fingerprint density at radius 3 is 2.68 bits per heavy atom. The van der Waals surface area contributed by atoms with Crippen LogP contribution in [0.3, 0.4) is 0 Å². The van der Waals surface area contributed by atoms with Gasteiger partial charge in [-0.2, -0.15) is 5.10 Å². The molecule has 8 heteroatoms. The summed E-state index contributed by atoms with van der Waals surface area (Å²) in [5.41, 5.74) is 5.83. The Hall–Kier alpha value is -3.13. The predicted molar refractivity (Wildman–Crippen MR) is 110 cm³/mol. The zero-order valence-corrected chi connectivity index (χ0v) is 16.7. The van der Waals surface area contributed by atoms with Crippen molar-refractivity contribution in [2.45, 2.75) is 17.8 Å². The Morgan fingerprint density at radius 1 is 1.21 bits per heavy atom. The van der Waals surface area contributed by atoms with Crippen molar-refractivity contribution in [2.75, 3.05) is 7.11 Å². The molecule has 0 bridgehead atoms. The number of hydrazone groups is 1. The highest BCUT2D eigenvalue weighted by Crippen LogP contribution is 2.20. The van der Waals surface area contributed by atoms with Gasteiger partial charge in [0.1, 0.15) is 12.1 Å². The number of benzene rings is 2. The number of aryl methyl sites for hydroxylation is 1. The van der Waals surface area contributed by atoms with E-state index in [4.69, 9.17) is 4.74 Å². The van der Waals surface area contributed by atoms with Gasteiger partial charge in [0, 0.05) is 23.9 Å². The molecule has 0 saturated carbocycles. The van der Waals surface area contributed by atoms with Crippen LogP contribution in [0.25, 0.3) is 0 Å². The molecule has 3 rings (SSSR count). The largest absolute Gasteiger partial charge is 0.497 e. The Balaban J connectivity index is 1.58. The van der Waals surface area contributed by atoms with Gasteiger partial charge in [0.25, 0.3) is 5.91 Å². The number of rotatable bonds is 7. The van der Waals surface area contributed by atoms with Crippen LogP contribution < -0.4 is 10.2 Å². The lowest BCUT2D eigenvalue weighted by Crippen LogP contribution is -2.19. The van der Waals surface area contributed by atoms with Gasteiger partial charge in [-0.25, -0.2) is 5.43 Å². The van der Waals surface area contributed by atoms with Gasteiger partial charge in [-0.1, -0.05) is 36.0 Å². The van der Waals surface area contributed by atoms with Crippen molar-refractivity contribution < 1.29 is 9.53 Å². The third-order valence-electron chi connectivity index (χ3n) is 4.07. The molecule has 0 saturated heterocycles. The summed E-state index contributed by atoms with van der Waals surface area (Å²) < 4.78 is 7.08. The van der Waals surface area contributed by atoms with E-state index >= 15 is 0 Å². The van der Waals surface area contributed by atoms with Crippen LogP contribution in [-0.2, 0) is 12.8 Å². The minimum absolute atomic E-state index is 0.255. The molecule has 2 aromatic carbocycles. The molecule has 0 aliphatic carbocycles.